The van der Waals surface area contributed by atoms with Crippen LogP contribution in [0.4, 0.5) is 10.1 Å². The van der Waals surface area contributed by atoms with Gasteiger partial charge in [0.25, 0.3) is 10.0 Å². The maximum atomic E-state index is 13.4. The summed E-state index contributed by atoms with van der Waals surface area (Å²) in [6.07, 6.45) is 0. The Labute approximate surface area is 105 Å². The minimum absolute atomic E-state index is 0.355. The molecule has 2 aromatic rings. The molecule has 0 heterocycles. The van der Waals surface area contributed by atoms with E-state index in [-0.39, 0.29) is 4.90 Å². The molecule has 0 fully saturated rings. The minimum Gasteiger partial charge on any atom is -0.280 e. The second kappa shape index (κ2) is 4.78. The van der Waals surface area contributed by atoms with E-state index in [2.05, 4.69) is 4.72 Å². The van der Waals surface area contributed by atoms with Crippen LogP contribution in [-0.2, 0) is 10.0 Å². The lowest BCUT2D eigenvalue weighted by atomic mass is 10.2. The van der Waals surface area contributed by atoms with Crippen LogP contribution < -0.4 is 4.72 Å². The Morgan fingerprint density at radius 1 is 1.06 bits per heavy atom. The molecule has 0 saturated carbocycles. The molecule has 3 nitrogen and oxygen atoms in total. The summed E-state index contributed by atoms with van der Waals surface area (Å²) < 4.78 is 39.8. The Bertz CT molecular complexity index is 668. The summed E-state index contributed by atoms with van der Waals surface area (Å²) in [6, 6.07) is 12.1. The zero-order valence-corrected chi connectivity index (χ0v) is 10.5. The molecule has 0 aliphatic heterocycles. The molecule has 0 atom stereocenters. The zero-order chi connectivity index (χ0) is 13.2. The fourth-order valence-electron chi connectivity index (χ4n) is 1.58. The first-order chi connectivity index (χ1) is 8.49. The highest BCUT2D eigenvalue weighted by molar-refractivity contribution is 7.92. The van der Waals surface area contributed by atoms with Gasteiger partial charge in [-0.05, 0) is 36.8 Å². The summed E-state index contributed by atoms with van der Waals surface area (Å²) in [4.78, 5) is -0.355. The third-order valence-electron chi connectivity index (χ3n) is 2.40. The smallest absolute Gasteiger partial charge is 0.264 e. The maximum Gasteiger partial charge on any atom is 0.264 e. The summed E-state index contributed by atoms with van der Waals surface area (Å²) in [5, 5.41) is 0. The van der Waals surface area contributed by atoms with Gasteiger partial charge in [-0.3, -0.25) is 4.72 Å². The quantitative estimate of drug-likeness (QED) is 0.927. The molecule has 0 aliphatic rings. The number of rotatable bonds is 3. The van der Waals surface area contributed by atoms with Gasteiger partial charge in [-0.15, -0.1) is 0 Å². The average molecular weight is 265 g/mol. The highest BCUT2D eigenvalue weighted by Gasteiger charge is 2.18. The van der Waals surface area contributed by atoms with Gasteiger partial charge in [0.2, 0.25) is 0 Å². The molecule has 5 heteroatoms. The third-order valence-corrected chi connectivity index (χ3v) is 3.81. The lowest BCUT2D eigenvalue weighted by Crippen LogP contribution is -2.14. The molecule has 0 spiro atoms. The highest BCUT2D eigenvalue weighted by Crippen LogP contribution is 2.19. The number of sulfonamides is 1. The van der Waals surface area contributed by atoms with E-state index < -0.39 is 15.8 Å². The van der Waals surface area contributed by atoms with Gasteiger partial charge in [-0.1, -0.05) is 24.3 Å². The number of benzene rings is 2. The van der Waals surface area contributed by atoms with Gasteiger partial charge in [-0.25, -0.2) is 12.8 Å². The van der Waals surface area contributed by atoms with Gasteiger partial charge >= 0.3 is 0 Å². The third kappa shape index (κ3) is 2.68. The molecule has 94 valence electrons. The van der Waals surface area contributed by atoms with E-state index in [1.807, 2.05) is 13.0 Å². The second-order valence-electron chi connectivity index (χ2n) is 3.91. The maximum absolute atomic E-state index is 13.4. The number of nitrogens with one attached hydrogen (secondary N) is 1. The van der Waals surface area contributed by atoms with Crippen LogP contribution in [0.2, 0.25) is 0 Å². The molecule has 1 N–H and O–H groups in total. The Balaban J connectivity index is 2.37. The first-order valence-electron chi connectivity index (χ1n) is 5.33. The Morgan fingerprint density at radius 3 is 2.44 bits per heavy atom. The van der Waals surface area contributed by atoms with E-state index in [0.717, 1.165) is 11.6 Å². The standard InChI is InChI=1S/C13H12FNO2S/c1-10-5-4-6-11(9-10)15-18(16,17)13-8-3-2-7-12(13)14/h2-9,15H,1H3. The highest BCUT2D eigenvalue weighted by atomic mass is 32.2. The SMILES string of the molecule is Cc1cccc(NS(=O)(=O)c2ccccc2F)c1. The van der Waals surface area contributed by atoms with Crippen molar-refractivity contribution in [3.8, 4) is 0 Å². The molecule has 0 saturated heterocycles. The predicted molar refractivity (Wildman–Crippen MR) is 68.4 cm³/mol. The lowest BCUT2D eigenvalue weighted by molar-refractivity contribution is 0.570. The molecule has 18 heavy (non-hydrogen) atoms. The number of anilines is 1. The molecular weight excluding hydrogens is 253 g/mol. The Hall–Kier alpha value is -1.88. The van der Waals surface area contributed by atoms with Crippen molar-refractivity contribution < 1.29 is 12.8 Å². The van der Waals surface area contributed by atoms with Crippen molar-refractivity contribution in [1.82, 2.24) is 0 Å². The Kier molecular flexibility index (Phi) is 3.34. The predicted octanol–water partition coefficient (Wildman–Crippen LogP) is 2.93. The normalized spacial score (nSPS) is 11.2. The van der Waals surface area contributed by atoms with Crippen LogP contribution in [0.1, 0.15) is 5.56 Å². The Morgan fingerprint density at radius 2 is 1.78 bits per heavy atom. The van der Waals surface area contributed by atoms with Crippen LogP contribution >= 0.6 is 0 Å². The van der Waals surface area contributed by atoms with Crippen LogP contribution in [0.3, 0.4) is 0 Å². The second-order valence-corrected chi connectivity index (χ2v) is 5.56. The van der Waals surface area contributed by atoms with Crippen molar-refractivity contribution in [2.45, 2.75) is 11.8 Å². The van der Waals surface area contributed by atoms with Gasteiger partial charge in [0.05, 0.1) is 0 Å². The van der Waals surface area contributed by atoms with E-state index in [9.17, 15) is 12.8 Å². The van der Waals surface area contributed by atoms with Crippen molar-refractivity contribution in [2.24, 2.45) is 0 Å². The average Bonchev–Trinajstić information content (AvgIpc) is 2.28. The molecule has 0 bridgehead atoms. The molecule has 2 rings (SSSR count). The number of halogens is 1. The van der Waals surface area contributed by atoms with Crippen LogP contribution in [0.25, 0.3) is 0 Å². The molecule has 0 amide bonds. The van der Waals surface area contributed by atoms with Crippen LogP contribution in [0.5, 0.6) is 0 Å². The zero-order valence-electron chi connectivity index (χ0n) is 9.72. The number of aryl methyl sites for hydroxylation is 1. The van der Waals surface area contributed by atoms with Crippen LogP contribution in [-0.4, -0.2) is 8.42 Å². The fourth-order valence-corrected chi connectivity index (χ4v) is 2.71. The van der Waals surface area contributed by atoms with Gasteiger partial charge < -0.3 is 0 Å². The van der Waals surface area contributed by atoms with Gasteiger partial charge in [0.15, 0.2) is 0 Å². The first-order valence-corrected chi connectivity index (χ1v) is 6.81. The molecular formula is C13H12FNO2S. The van der Waals surface area contributed by atoms with Gasteiger partial charge in [-0.2, -0.15) is 0 Å². The largest absolute Gasteiger partial charge is 0.280 e. The lowest BCUT2D eigenvalue weighted by Gasteiger charge is -2.09. The van der Waals surface area contributed by atoms with Crippen molar-refractivity contribution in [3.63, 3.8) is 0 Å². The minimum atomic E-state index is -3.89. The van der Waals surface area contributed by atoms with Crippen molar-refractivity contribution >= 4 is 15.7 Å². The molecule has 0 aromatic heterocycles. The number of hydrogen-bond donors (Lipinski definition) is 1. The number of hydrogen-bond acceptors (Lipinski definition) is 2. The van der Waals surface area contributed by atoms with Crippen molar-refractivity contribution in [1.29, 1.82) is 0 Å². The molecule has 0 radical (unpaired) electrons. The first kappa shape index (κ1) is 12.6. The summed E-state index contributed by atoms with van der Waals surface area (Å²) in [5.74, 6) is -0.766. The van der Waals surface area contributed by atoms with E-state index >= 15 is 0 Å². The summed E-state index contributed by atoms with van der Waals surface area (Å²) in [7, 11) is -3.89. The summed E-state index contributed by atoms with van der Waals surface area (Å²) >= 11 is 0. The van der Waals surface area contributed by atoms with Crippen molar-refractivity contribution in [3.05, 3.63) is 59.9 Å². The van der Waals surface area contributed by atoms with Crippen molar-refractivity contribution in [2.75, 3.05) is 4.72 Å². The monoisotopic (exact) mass is 265 g/mol. The van der Waals surface area contributed by atoms with E-state index in [0.29, 0.717) is 5.69 Å². The summed E-state index contributed by atoms with van der Waals surface area (Å²) in [5.41, 5.74) is 1.34. The molecule has 0 aliphatic carbocycles. The van der Waals surface area contributed by atoms with Crippen LogP contribution in [0.15, 0.2) is 53.4 Å². The topological polar surface area (TPSA) is 46.2 Å². The van der Waals surface area contributed by atoms with Gasteiger partial charge in [0.1, 0.15) is 10.7 Å². The van der Waals surface area contributed by atoms with E-state index in [1.54, 1.807) is 18.2 Å². The molecule has 2 aromatic carbocycles. The van der Waals surface area contributed by atoms with E-state index in [1.165, 1.54) is 18.2 Å². The van der Waals surface area contributed by atoms with Crippen LogP contribution in [0, 0.1) is 12.7 Å². The molecule has 0 unspecified atom stereocenters. The fraction of sp³-hybridized carbons (Fsp3) is 0.0769. The van der Waals surface area contributed by atoms with E-state index in [4.69, 9.17) is 0 Å². The summed E-state index contributed by atoms with van der Waals surface area (Å²) in [6.45, 7) is 1.85. The van der Waals surface area contributed by atoms with Gasteiger partial charge in [0, 0.05) is 5.69 Å².